The van der Waals surface area contributed by atoms with E-state index in [1.165, 1.54) is 205 Å². The number of aliphatic hydroxyl groups is 4. The molecule has 0 radical (unpaired) electrons. The second-order valence-electron chi connectivity index (χ2n) is 18.2. The van der Waals surface area contributed by atoms with Gasteiger partial charge in [-0.1, -0.05) is 237 Å². The smallest absolute Gasteiger partial charge is 0.249 e. The van der Waals surface area contributed by atoms with Crippen molar-refractivity contribution in [3.05, 3.63) is 24.3 Å². The van der Waals surface area contributed by atoms with Crippen LogP contribution in [0.4, 0.5) is 0 Å². The Hall–Kier alpha value is -1.21. The fourth-order valence-electron chi connectivity index (χ4n) is 8.22. The third kappa shape index (κ3) is 41.9. The largest absolute Gasteiger partial charge is 0.394 e. The van der Waals surface area contributed by atoms with Crippen molar-refractivity contribution < 1.29 is 25.2 Å². The molecule has 0 heterocycles. The lowest BCUT2D eigenvalue weighted by Crippen LogP contribution is -2.53. The molecular formula is C53H103NO5. The molecule has 4 atom stereocenters. The van der Waals surface area contributed by atoms with Crippen LogP contribution in [-0.2, 0) is 4.79 Å². The van der Waals surface area contributed by atoms with Crippen molar-refractivity contribution >= 4 is 5.91 Å². The van der Waals surface area contributed by atoms with E-state index in [-0.39, 0.29) is 0 Å². The first-order chi connectivity index (χ1) is 29.0. The molecule has 5 N–H and O–H groups in total. The van der Waals surface area contributed by atoms with E-state index in [2.05, 4.69) is 43.5 Å². The Morgan fingerprint density at radius 1 is 0.407 bits per heavy atom. The van der Waals surface area contributed by atoms with Gasteiger partial charge in [-0.3, -0.25) is 4.79 Å². The van der Waals surface area contributed by atoms with E-state index >= 15 is 0 Å². The number of hydrogen-bond acceptors (Lipinski definition) is 5. The number of hydrogen-bond donors (Lipinski definition) is 5. The summed E-state index contributed by atoms with van der Waals surface area (Å²) in [5.74, 6) is -0.595. The van der Waals surface area contributed by atoms with Crippen LogP contribution >= 0.6 is 0 Å². The average molecular weight is 834 g/mol. The molecule has 0 spiro atoms. The second kappa shape index (κ2) is 47.8. The highest BCUT2D eigenvalue weighted by Gasteiger charge is 2.28. The van der Waals surface area contributed by atoms with Crippen LogP contribution in [0.1, 0.15) is 277 Å². The van der Waals surface area contributed by atoms with E-state index in [1.54, 1.807) is 0 Å². The number of aliphatic hydroxyl groups excluding tert-OH is 4. The second-order valence-corrected chi connectivity index (χ2v) is 18.2. The maximum absolute atomic E-state index is 12.6. The maximum Gasteiger partial charge on any atom is 0.249 e. The quantitative estimate of drug-likeness (QED) is 0.0310. The standard InChI is InChI=1S/C53H103NO5/c1-3-5-7-9-11-13-15-17-19-21-23-24-25-26-27-29-30-32-34-36-38-40-42-44-46-50(56)52(58)49(48-55)54-53(59)51(57)47-45-43-41-39-37-35-33-31-28-22-20-18-16-14-12-10-8-6-4-2/h28,31,38,40,49-52,55-58H,3-27,29-30,32-37,39,41-48H2,1-2H3,(H,54,59)/b31-28-,40-38+. The average Bonchev–Trinajstić information content (AvgIpc) is 3.24. The van der Waals surface area contributed by atoms with Gasteiger partial charge in [0.2, 0.25) is 5.91 Å². The first kappa shape index (κ1) is 57.8. The lowest BCUT2D eigenvalue weighted by atomic mass is 10.00. The number of amides is 1. The summed E-state index contributed by atoms with van der Waals surface area (Å²) in [6, 6.07) is -1.00. The molecule has 0 bridgehead atoms. The highest BCUT2D eigenvalue weighted by atomic mass is 16.3. The zero-order valence-electron chi connectivity index (χ0n) is 39.5. The Bertz CT molecular complexity index is 893. The molecule has 0 aliphatic carbocycles. The van der Waals surface area contributed by atoms with Crippen molar-refractivity contribution in [2.75, 3.05) is 6.61 Å². The third-order valence-electron chi connectivity index (χ3n) is 12.4. The van der Waals surface area contributed by atoms with Crippen molar-refractivity contribution in [2.24, 2.45) is 0 Å². The highest BCUT2D eigenvalue weighted by Crippen LogP contribution is 2.17. The van der Waals surface area contributed by atoms with Crippen molar-refractivity contribution in [2.45, 2.75) is 301 Å². The molecule has 0 aromatic carbocycles. The zero-order chi connectivity index (χ0) is 43.1. The van der Waals surface area contributed by atoms with Gasteiger partial charge in [-0.15, -0.1) is 0 Å². The summed E-state index contributed by atoms with van der Waals surface area (Å²) in [5.41, 5.74) is 0. The minimum Gasteiger partial charge on any atom is -0.394 e. The molecule has 0 saturated heterocycles. The fraction of sp³-hybridized carbons (Fsp3) is 0.906. The number of allylic oxidation sites excluding steroid dienone is 4. The number of rotatable bonds is 48. The van der Waals surface area contributed by atoms with Crippen molar-refractivity contribution in [1.82, 2.24) is 5.32 Å². The van der Waals surface area contributed by atoms with Gasteiger partial charge < -0.3 is 25.7 Å². The summed E-state index contributed by atoms with van der Waals surface area (Å²) >= 11 is 0. The van der Waals surface area contributed by atoms with Gasteiger partial charge in [0.05, 0.1) is 18.8 Å². The molecular weight excluding hydrogens is 731 g/mol. The topological polar surface area (TPSA) is 110 Å². The summed E-state index contributed by atoms with van der Waals surface area (Å²) in [6.45, 7) is 4.07. The van der Waals surface area contributed by atoms with Gasteiger partial charge >= 0.3 is 0 Å². The molecule has 0 aromatic heterocycles. The number of carbonyl (C=O) groups excluding carboxylic acids is 1. The van der Waals surface area contributed by atoms with Gasteiger partial charge in [0.25, 0.3) is 0 Å². The van der Waals surface area contributed by atoms with Crippen LogP contribution in [0.3, 0.4) is 0 Å². The Balaban J connectivity index is 3.69. The zero-order valence-corrected chi connectivity index (χ0v) is 39.5. The van der Waals surface area contributed by atoms with Gasteiger partial charge in [-0.05, 0) is 64.2 Å². The van der Waals surface area contributed by atoms with Crippen LogP contribution in [0.25, 0.3) is 0 Å². The molecule has 350 valence electrons. The Morgan fingerprint density at radius 3 is 1.02 bits per heavy atom. The molecule has 6 nitrogen and oxygen atoms in total. The molecule has 0 saturated carbocycles. The SMILES string of the molecule is CCCCCCCCCCC/C=C\CCCCCCCCC(O)C(=O)NC(CO)C(O)C(O)CCC/C=C/CCCCCCCCCCCCCCCCCCCCC. The van der Waals surface area contributed by atoms with E-state index < -0.39 is 36.9 Å². The van der Waals surface area contributed by atoms with Crippen LogP contribution in [0.2, 0.25) is 0 Å². The Kier molecular flexibility index (Phi) is 46.9. The molecule has 1 amide bonds. The summed E-state index contributed by atoms with van der Waals surface area (Å²) in [7, 11) is 0. The first-order valence-electron chi connectivity index (χ1n) is 26.2. The molecule has 0 fully saturated rings. The van der Waals surface area contributed by atoms with Crippen molar-refractivity contribution in [3.63, 3.8) is 0 Å². The molecule has 0 aliphatic heterocycles. The van der Waals surface area contributed by atoms with Crippen LogP contribution in [0, 0.1) is 0 Å². The summed E-state index contributed by atoms with van der Waals surface area (Å²) in [6.07, 6.45) is 56.6. The number of unbranched alkanes of at least 4 members (excludes halogenated alkanes) is 35. The van der Waals surface area contributed by atoms with E-state index in [1.807, 2.05) is 0 Å². The molecule has 6 heteroatoms. The van der Waals surface area contributed by atoms with Crippen LogP contribution in [-0.4, -0.2) is 57.3 Å². The van der Waals surface area contributed by atoms with Crippen LogP contribution in [0.5, 0.6) is 0 Å². The van der Waals surface area contributed by atoms with E-state index in [4.69, 9.17) is 0 Å². The van der Waals surface area contributed by atoms with Gasteiger partial charge in [0.15, 0.2) is 0 Å². The maximum atomic E-state index is 12.6. The molecule has 0 aromatic rings. The van der Waals surface area contributed by atoms with E-state index in [0.717, 1.165) is 44.9 Å². The fourth-order valence-corrected chi connectivity index (χ4v) is 8.22. The number of carbonyl (C=O) groups is 1. The van der Waals surface area contributed by atoms with E-state index in [0.29, 0.717) is 12.8 Å². The summed E-state index contributed by atoms with van der Waals surface area (Å²) in [5, 5.41) is 43.9. The minimum atomic E-state index is -1.28. The summed E-state index contributed by atoms with van der Waals surface area (Å²) < 4.78 is 0. The van der Waals surface area contributed by atoms with Gasteiger partial charge in [-0.25, -0.2) is 0 Å². The Labute approximate surface area is 367 Å². The lowest BCUT2D eigenvalue weighted by molar-refractivity contribution is -0.132. The van der Waals surface area contributed by atoms with Crippen LogP contribution < -0.4 is 5.32 Å². The third-order valence-corrected chi connectivity index (χ3v) is 12.4. The predicted octanol–water partition coefficient (Wildman–Crippen LogP) is 14.7. The van der Waals surface area contributed by atoms with Gasteiger partial charge in [-0.2, -0.15) is 0 Å². The Morgan fingerprint density at radius 2 is 0.695 bits per heavy atom. The first-order valence-corrected chi connectivity index (χ1v) is 26.2. The van der Waals surface area contributed by atoms with Crippen LogP contribution in [0.15, 0.2) is 24.3 Å². The monoisotopic (exact) mass is 834 g/mol. The summed E-state index contributed by atoms with van der Waals surface area (Å²) in [4.78, 5) is 12.6. The molecule has 0 rings (SSSR count). The molecule has 59 heavy (non-hydrogen) atoms. The van der Waals surface area contributed by atoms with Gasteiger partial charge in [0.1, 0.15) is 12.2 Å². The van der Waals surface area contributed by atoms with E-state index in [9.17, 15) is 25.2 Å². The minimum absolute atomic E-state index is 0.357. The molecule has 4 unspecified atom stereocenters. The lowest BCUT2D eigenvalue weighted by Gasteiger charge is -2.27. The normalized spacial score (nSPS) is 14.1. The highest BCUT2D eigenvalue weighted by molar-refractivity contribution is 5.80. The molecule has 0 aliphatic rings. The predicted molar refractivity (Wildman–Crippen MR) is 256 cm³/mol. The van der Waals surface area contributed by atoms with Gasteiger partial charge in [0, 0.05) is 0 Å². The number of nitrogens with one attached hydrogen (secondary N) is 1. The van der Waals surface area contributed by atoms with Crippen molar-refractivity contribution in [1.29, 1.82) is 0 Å². The van der Waals surface area contributed by atoms with Crippen molar-refractivity contribution in [3.8, 4) is 0 Å².